The average molecular weight is 368 g/mol. The molecule has 4 heterocycles. The Hall–Kier alpha value is -3.00. The molecule has 0 amide bonds. The van der Waals surface area contributed by atoms with E-state index in [2.05, 4.69) is 15.1 Å². The summed E-state index contributed by atoms with van der Waals surface area (Å²) in [6.07, 6.45) is 4.70. The van der Waals surface area contributed by atoms with Crippen molar-refractivity contribution in [3.63, 3.8) is 0 Å². The number of carbonyl (C=O) groups excluding carboxylic acids is 1. The van der Waals surface area contributed by atoms with Gasteiger partial charge in [-0.3, -0.25) is 0 Å². The normalized spacial score (nSPS) is 11.3. The molecule has 0 fully saturated rings. The third-order valence-corrected chi connectivity index (χ3v) is 4.65. The second-order valence-electron chi connectivity index (χ2n) is 6.02. The minimum absolute atomic E-state index is 0.0387. The molecule has 0 bridgehead atoms. The SMILES string of the molecule is CC(C)n1ncc2cc(C(=O)OCc3coc(-c4cccs4)n3)cnc21. The lowest BCUT2D eigenvalue weighted by Gasteiger charge is -2.06. The van der Waals surface area contributed by atoms with Crippen LogP contribution in [-0.2, 0) is 11.3 Å². The van der Waals surface area contributed by atoms with Gasteiger partial charge >= 0.3 is 5.97 Å². The highest BCUT2D eigenvalue weighted by molar-refractivity contribution is 7.13. The molecule has 0 aliphatic carbocycles. The Labute approximate surface area is 153 Å². The zero-order valence-electron chi connectivity index (χ0n) is 14.2. The van der Waals surface area contributed by atoms with E-state index < -0.39 is 5.97 Å². The Bertz CT molecular complexity index is 1050. The first-order valence-electron chi connectivity index (χ1n) is 8.10. The number of pyridine rings is 1. The summed E-state index contributed by atoms with van der Waals surface area (Å²) in [4.78, 5) is 21.9. The number of nitrogens with zero attached hydrogens (tertiary/aromatic N) is 4. The third kappa shape index (κ3) is 3.11. The molecule has 0 N–H and O–H groups in total. The molecule has 0 aromatic carbocycles. The highest BCUT2D eigenvalue weighted by atomic mass is 32.1. The van der Waals surface area contributed by atoms with Gasteiger partial charge in [-0.2, -0.15) is 5.10 Å². The number of oxazole rings is 1. The van der Waals surface area contributed by atoms with Crippen molar-refractivity contribution in [2.75, 3.05) is 0 Å². The zero-order chi connectivity index (χ0) is 18.1. The Morgan fingerprint density at radius 1 is 1.38 bits per heavy atom. The molecule has 0 saturated carbocycles. The lowest BCUT2D eigenvalue weighted by molar-refractivity contribution is 0.0467. The van der Waals surface area contributed by atoms with E-state index >= 15 is 0 Å². The number of ether oxygens (including phenoxy) is 1. The fourth-order valence-corrected chi connectivity index (χ4v) is 3.19. The predicted molar refractivity (Wildman–Crippen MR) is 96.8 cm³/mol. The van der Waals surface area contributed by atoms with Gasteiger partial charge in [0.1, 0.15) is 18.6 Å². The second kappa shape index (κ2) is 6.72. The highest BCUT2D eigenvalue weighted by Gasteiger charge is 2.14. The van der Waals surface area contributed by atoms with Crippen LogP contribution in [0.2, 0.25) is 0 Å². The molecule has 0 aliphatic heterocycles. The fraction of sp³-hybridized carbons (Fsp3) is 0.222. The van der Waals surface area contributed by atoms with Crippen LogP contribution in [0.1, 0.15) is 35.9 Å². The van der Waals surface area contributed by atoms with E-state index in [-0.39, 0.29) is 12.6 Å². The van der Waals surface area contributed by atoms with E-state index in [1.54, 1.807) is 12.3 Å². The van der Waals surface area contributed by atoms with Gasteiger partial charge in [-0.1, -0.05) is 6.07 Å². The number of hydrogen-bond donors (Lipinski definition) is 0. The molecular formula is C18H16N4O3S. The van der Waals surface area contributed by atoms with Crippen LogP contribution in [0.15, 0.2) is 46.7 Å². The lowest BCUT2D eigenvalue weighted by atomic mass is 10.2. The maximum atomic E-state index is 12.3. The maximum Gasteiger partial charge on any atom is 0.340 e. The topological polar surface area (TPSA) is 83.0 Å². The van der Waals surface area contributed by atoms with Crippen LogP contribution in [0.3, 0.4) is 0 Å². The van der Waals surface area contributed by atoms with E-state index in [0.29, 0.717) is 17.1 Å². The van der Waals surface area contributed by atoms with E-state index in [0.717, 1.165) is 15.9 Å². The summed E-state index contributed by atoms with van der Waals surface area (Å²) in [6, 6.07) is 5.78. The van der Waals surface area contributed by atoms with Crippen LogP contribution in [0.25, 0.3) is 21.8 Å². The van der Waals surface area contributed by atoms with E-state index in [1.807, 2.05) is 36.0 Å². The monoisotopic (exact) mass is 368 g/mol. The molecule has 0 unspecified atom stereocenters. The molecule has 0 radical (unpaired) electrons. The third-order valence-electron chi connectivity index (χ3n) is 3.79. The van der Waals surface area contributed by atoms with Crippen LogP contribution in [0.4, 0.5) is 0 Å². The van der Waals surface area contributed by atoms with Gasteiger partial charge in [0, 0.05) is 17.6 Å². The van der Waals surface area contributed by atoms with Crippen LogP contribution in [0, 0.1) is 0 Å². The Morgan fingerprint density at radius 2 is 2.27 bits per heavy atom. The van der Waals surface area contributed by atoms with Crippen molar-refractivity contribution in [3.8, 4) is 10.8 Å². The van der Waals surface area contributed by atoms with Gasteiger partial charge < -0.3 is 9.15 Å². The molecule has 0 spiro atoms. The lowest BCUT2D eigenvalue weighted by Crippen LogP contribution is -2.07. The molecule has 8 heteroatoms. The summed E-state index contributed by atoms with van der Waals surface area (Å²) in [5.74, 6) is 0.0626. The quantitative estimate of drug-likeness (QED) is 0.494. The minimum atomic E-state index is -0.461. The van der Waals surface area contributed by atoms with Crippen molar-refractivity contribution < 1.29 is 13.9 Å². The minimum Gasteiger partial charge on any atom is -0.455 e. The van der Waals surface area contributed by atoms with Crippen molar-refractivity contribution in [3.05, 3.63) is 53.5 Å². The van der Waals surface area contributed by atoms with Crippen LogP contribution >= 0.6 is 11.3 Å². The van der Waals surface area contributed by atoms with Gasteiger partial charge in [0.2, 0.25) is 5.89 Å². The molecule has 4 aromatic heterocycles. The number of thiophene rings is 1. The zero-order valence-corrected chi connectivity index (χ0v) is 15.1. The van der Waals surface area contributed by atoms with E-state index in [1.165, 1.54) is 23.8 Å². The fourth-order valence-electron chi connectivity index (χ4n) is 2.54. The van der Waals surface area contributed by atoms with Gasteiger partial charge in [0.25, 0.3) is 0 Å². The van der Waals surface area contributed by atoms with Crippen LogP contribution in [0.5, 0.6) is 0 Å². The smallest absolute Gasteiger partial charge is 0.340 e. The summed E-state index contributed by atoms with van der Waals surface area (Å²) in [5.41, 5.74) is 1.68. The summed E-state index contributed by atoms with van der Waals surface area (Å²) in [7, 11) is 0. The molecule has 4 rings (SSSR count). The maximum absolute atomic E-state index is 12.3. The number of aromatic nitrogens is 4. The largest absolute Gasteiger partial charge is 0.455 e. The van der Waals surface area contributed by atoms with Gasteiger partial charge in [0.05, 0.1) is 16.6 Å². The predicted octanol–water partition coefficient (Wildman–Crippen LogP) is 4.09. The number of carbonyl (C=O) groups is 1. The highest BCUT2D eigenvalue weighted by Crippen LogP contribution is 2.24. The molecular weight excluding hydrogens is 352 g/mol. The molecule has 4 aromatic rings. The summed E-state index contributed by atoms with van der Waals surface area (Å²) >= 11 is 1.54. The Balaban J connectivity index is 1.46. The second-order valence-corrected chi connectivity index (χ2v) is 6.96. The number of rotatable bonds is 5. The first kappa shape index (κ1) is 16.5. The average Bonchev–Trinajstić information content (AvgIpc) is 3.38. The number of fused-ring (bicyclic) bond motifs is 1. The first-order chi connectivity index (χ1) is 12.6. The van der Waals surface area contributed by atoms with E-state index in [9.17, 15) is 4.79 Å². The van der Waals surface area contributed by atoms with Crippen molar-refractivity contribution >= 4 is 28.3 Å². The van der Waals surface area contributed by atoms with Gasteiger partial charge in [-0.05, 0) is 31.4 Å². The summed E-state index contributed by atoms with van der Waals surface area (Å²) in [5, 5.41) is 7.05. The van der Waals surface area contributed by atoms with Crippen molar-refractivity contribution in [2.45, 2.75) is 26.5 Å². The Morgan fingerprint density at radius 3 is 3.04 bits per heavy atom. The van der Waals surface area contributed by atoms with Gasteiger partial charge in [-0.15, -0.1) is 11.3 Å². The van der Waals surface area contributed by atoms with Gasteiger partial charge in [-0.25, -0.2) is 19.4 Å². The molecule has 0 atom stereocenters. The number of esters is 1. The van der Waals surface area contributed by atoms with Crippen LogP contribution in [-0.4, -0.2) is 25.7 Å². The number of hydrogen-bond acceptors (Lipinski definition) is 7. The summed E-state index contributed by atoms with van der Waals surface area (Å²) < 4.78 is 12.5. The van der Waals surface area contributed by atoms with Crippen molar-refractivity contribution in [1.29, 1.82) is 0 Å². The van der Waals surface area contributed by atoms with Crippen molar-refractivity contribution in [1.82, 2.24) is 19.7 Å². The van der Waals surface area contributed by atoms with E-state index in [4.69, 9.17) is 9.15 Å². The van der Waals surface area contributed by atoms with Gasteiger partial charge in [0.15, 0.2) is 5.65 Å². The first-order valence-corrected chi connectivity index (χ1v) is 8.98. The molecule has 0 saturated heterocycles. The standard InChI is InChI=1S/C18H16N4O3S/c1-11(2)22-16-12(8-20-22)6-13(7-19-16)18(23)25-10-14-9-24-17(21-14)15-4-3-5-26-15/h3-9,11H,10H2,1-2H3. The summed E-state index contributed by atoms with van der Waals surface area (Å²) in [6.45, 7) is 4.09. The molecule has 7 nitrogen and oxygen atoms in total. The Kier molecular flexibility index (Phi) is 4.26. The van der Waals surface area contributed by atoms with Crippen LogP contribution < -0.4 is 0 Å². The molecule has 26 heavy (non-hydrogen) atoms. The molecule has 132 valence electrons. The molecule has 0 aliphatic rings. The van der Waals surface area contributed by atoms with Crippen molar-refractivity contribution in [2.24, 2.45) is 0 Å².